The smallest absolute Gasteiger partial charge is 0.123 e. The second-order valence-electron chi connectivity index (χ2n) is 4.86. The molecule has 0 aliphatic heterocycles. The minimum absolute atomic E-state index is 0.829. The van der Waals surface area contributed by atoms with Gasteiger partial charge in [0.1, 0.15) is 5.75 Å². The number of alkyl halides is 1. The maximum atomic E-state index is 5.86. The summed E-state index contributed by atoms with van der Waals surface area (Å²) in [5.74, 6) is 1.01. The summed E-state index contributed by atoms with van der Waals surface area (Å²) in [4.78, 5) is 0. The van der Waals surface area contributed by atoms with Crippen molar-refractivity contribution >= 4 is 31.9 Å². The van der Waals surface area contributed by atoms with Gasteiger partial charge in [-0.25, -0.2) is 0 Å². The summed E-state index contributed by atoms with van der Waals surface area (Å²) in [5, 5.41) is 0.832. The number of hydrogen-bond acceptors (Lipinski definition) is 1. The number of hydrogen-bond donors (Lipinski definition) is 0. The van der Waals surface area contributed by atoms with Crippen LogP contribution in [0.15, 0.2) is 22.7 Å². The molecule has 0 radical (unpaired) electrons. The van der Waals surface area contributed by atoms with Gasteiger partial charge in [-0.05, 0) is 24.6 Å². The van der Waals surface area contributed by atoms with Crippen LogP contribution in [0.2, 0.25) is 0 Å². The van der Waals surface area contributed by atoms with E-state index in [1.807, 2.05) is 12.1 Å². The highest BCUT2D eigenvalue weighted by atomic mass is 79.9. The summed E-state index contributed by atoms with van der Waals surface area (Å²) in [6, 6.07) is 6.18. The lowest BCUT2D eigenvalue weighted by atomic mass is 10.1. The zero-order chi connectivity index (χ0) is 13.9. The molecule has 108 valence electrons. The Kier molecular flexibility index (Phi) is 9.62. The molecule has 0 atom stereocenters. The Balaban J connectivity index is 2.15. The van der Waals surface area contributed by atoms with Crippen LogP contribution in [0, 0.1) is 0 Å². The van der Waals surface area contributed by atoms with Gasteiger partial charge in [-0.3, -0.25) is 0 Å². The molecule has 1 aromatic rings. The highest BCUT2D eigenvalue weighted by molar-refractivity contribution is 9.10. The van der Waals surface area contributed by atoms with E-state index < -0.39 is 0 Å². The molecule has 0 aliphatic rings. The van der Waals surface area contributed by atoms with Gasteiger partial charge >= 0.3 is 0 Å². The number of ether oxygens (including phenoxy) is 1. The van der Waals surface area contributed by atoms with Crippen LogP contribution in [0.4, 0.5) is 0 Å². The maximum absolute atomic E-state index is 5.86. The zero-order valence-corrected chi connectivity index (χ0v) is 14.9. The van der Waals surface area contributed by atoms with Gasteiger partial charge in [-0.15, -0.1) is 0 Å². The van der Waals surface area contributed by atoms with E-state index in [0.29, 0.717) is 0 Å². The first-order valence-corrected chi connectivity index (χ1v) is 9.16. The van der Waals surface area contributed by atoms with E-state index in [1.165, 1.54) is 44.1 Å². The van der Waals surface area contributed by atoms with E-state index in [9.17, 15) is 0 Å². The fourth-order valence-electron chi connectivity index (χ4n) is 2.03. The van der Waals surface area contributed by atoms with Crippen molar-refractivity contribution in [1.29, 1.82) is 0 Å². The fourth-order valence-corrected chi connectivity index (χ4v) is 2.88. The third-order valence-corrected chi connectivity index (χ3v) is 4.27. The van der Waals surface area contributed by atoms with Gasteiger partial charge in [-0.1, -0.05) is 77.3 Å². The van der Waals surface area contributed by atoms with Crippen LogP contribution in [0.3, 0.4) is 0 Å². The van der Waals surface area contributed by atoms with Crippen molar-refractivity contribution in [3.05, 3.63) is 28.2 Å². The molecule has 1 aromatic carbocycles. The van der Waals surface area contributed by atoms with Crippen LogP contribution >= 0.6 is 31.9 Å². The molecule has 3 heteroatoms. The van der Waals surface area contributed by atoms with Crippen LogP contribution in [0.1, 0.15) is 57.4 Å². The second-order valence-corrected chi connectivity index (χ2v) is 6.33. The Morgan fingerprint density at radius 3 is 2.37 bits per heavy atom. The van der Waals surface area contributed by atoms with Gasteiger partial charge in [0.25, 0.3) is 0 Å². The van der Waals surface area contributed by atoms with Gasteiger partial charge in [0, 0.05) is 15.4 Å². The first-order valence-electron chi connectivity index (χ1n) is 7.25. The van der Waals surface area contributed by atoms with Gasteiger partial charge < -0.3 is 4.74 Å². The highest BCUT2D eigenvalue weighted by Gasteiger charge is 2.03. The zero-order valence-electron chi connectivity index (χ0n) is 11.8. The Morgan fingerprint density at radius 1 is 1.00 bits per heavy atom. The number of rotatable bonds is 10. The lowest BCUT2D eigenvalue weighted by Gasteiger charge is -2.10. The van der Waals surface area contributed by atoms with Crippen molar-refractivity contribution in [1.82, 2.24) is 0 Å². The van der Waals surface area contributed by atoms with Crippen LogP contribution in [-0.2, 0) is 5.33 Å². The predicted octanol–water partition coefficient (Wildman–Crippen LogP) is 6.47. The molecule has 0 N–H and O–H groups in total. The third kappa shape index (κ3) is 7.36. The van der Waals surface area contributed by atoms with Gasteiger partial charge in [0.15, 0.2) is 0 Å². The minimum Gasteiger partial charge on any atom is -0.493 e. The summed E-state index contributed by atoms with van der Waals surface area (Å²) in [6.07, 6.45) is 9.24. The standard InChI is InChI=1S/C16H24Br2O/c1-2-3-4-5-6-7-8-11-19-16-10-9-15(18)12-14(16)13-17/h9-10,12H,2-8,11,13H2,1H3. The minimum atomic E-state index is 0.829. The fraction of sp³-hybridized carbons (Fsp3) is 0.625. The van der Waals surface area contributed by atoms with E-state index in [2.05, 4.69) is 44.8 Å². The topological polar surface area (TPSA) is 9.23 Å². The average Bonchev–Trinajstić information content (AvgIpc) is 2.43. The molecule has 0 spiro atoms. The summed E-state index contributed by atoms with van der Waals surface area (Å²) >= 11 is 6.98. The maximum Gasteiger partial charge on any atom is 0.123 e. The van der Waals surface area contributed by atoms with Crippen molar-refractivity contribution in [3.63, 3.8) is 0 Å². The van der Waals surface area contributed by atoms with E-state index in [0.717, 1.165) is 28.6 Å². The number of benzene rings is 1. The Morgan fingerprint density at radius 2 is 1.68 bits per heavy atom. The molecule has 0 aliphatic carbocycles. The Hall–Kier alpha value is -0.0200. The average molecular weight is 392 g/mol. The summed E-state index contributed by atoms with van der Waals surface area (Å²) in [5.41, 5.74) is 1.21. The molecule has 1 nitrogen and oxygen atoms in total. The summed E-state index contributed by atoms with van der Waals surface area (Å²) in [7, 11) is 0. The highest BCUT2D eigenvalue weighted by Crippen LogP contribution is 2.25. The molecule has 0 aromatic heterocycles. The SMILES string of the molecule is CCCCCCCCCOc1ccc(Br)cc1CBr. The van der Waals surface area contributed by atoms with Crippen LogP contribution in [0.25, 0.3) is 0 Å². The Labute approximate surface area is 134 Å². The van der Waals surface area contributed by atoms with Crippen LogP contribution < -0.4 is 4.74 Å². The van der Waals surface area contributed by atoms with E-state index in [4.69, 9.17) is 4.74 Å². The first kappa shape index (κ1) is 17.0. The van der Waals surface area contributed by atoms with Gasteiger partial charge in [-0.2, -0.15) is 0 Å². The molecule has 0 bridgehead atoms. The van der Waals surface area contributed by atoms with Crippen molar-refractivity contribution in [2.45, 2.75) is 57.2 Å². The molecule has 0 saturated carbocycles. The molecule has 0 unspecified atom stereocenters. The molecule has 0 heterocycles. The van der Waals surface area contributed by atoms with Gasteiger partial charge in [0.05, 0.1) is 6.61 Å². The van der Waals surface area contributed by atoms with Crippen molar-refractivity contribution in [2.24, 2.45) is 0 Å². The lowest BCUT2D eigenvalue weighted by molar-refractivity contribution is 0.302. The summed E-state index contributed by atoms with van der Waals surface area (Å²) in [6.45, 7) is 3.09. The monoisotopic (exact) mass is 390 g/mol. The van der Waals surface area contributed by atoms with Gasteiger partial charge in [0.2, 0.25) is 0 Å². The molecule has 0 saturated heterocycles. The first-order chi connectivity index (χ1) is 9.27. The van der Waals surface area contributed by atoms with Crippen LogP contribution in [0.5, 0.6) is 5.75 Å². The second kappa shape index (κ2) is 10.7. The van der Waals surface area contributed by atoms with E-state index in [1.54, 1.807) is 0 Å². The normalized spacial score (nSPS) is 10.7. The van der Waals surface area contributed by atoms with Crippen molar-refractivity contribution in [2.75, 3.05) is 6.61 Å². The van der Waals surface area contributed by atoms with Crippen LogP contribution in [-0.4, -0.2) is 6.61 Å². The van der Waals surface area contributed by atoms with E-state index >= 15 is 0 Å². The molecule has 1 rings (SSSR count). The predicted molar refractivity (Wildman–Crippen MR) is 90.3 cm³/mol. The molecule has 0 fully saturated rings. The molecule has 0 amide bonds. The Bertz CT molecular complexity index is 353. The largest absolute Gasteiger partial charge is 0.493 e. The lowest BCUT2D eigenvalue weighted by Crippen LogP contribution is -1.99. The van der Waals surface area contributed by atoms with Crippen molar-refractivity contribution < 1.29 is 4.74 Å². The third-order valence-electron chi connectivity index (χ3n) is 3.17. The van der Waals surface area contributed by atoms with Crippen molar-refractivity contribution in [3.8, 4) is 5.75 Å². The summed E-state index contributed by atoms with van der Waals surface area (Å²) < 4.78 is 6.96. The van der Waals surface area contributed by atoms with E-state index in [-0.39, 0.29) is 0 Å². The quantitative estimate of drug-likeness (QED) is 0.327. The number of halogens is 2. The number of unbranched alkanes of at least 4 members (excludes halogenated alkanes) is 6. The molecule has 19 heavy (non-hydrogen) atoms. The molecular formula is C16H24Br2O. The molecular weight excluding hydrogens is 368 g/mol.